The second kappa shape index (κ2) is 9.55. The predicted molar refractivity (Wildman–Crippen MR) is 129 cm³/mol. The fraction of sp³-hybridized carbons (Fsp3) is 0.423. The number of nitrogens with zero attached hydrogens (tertiary/aromatic N) is 4. The quantitative estimate of drug-likeness (QED) is 0.638. The van der Waals surface area contributed by atoms with Crippen LogP contribution < -0.4 is 10.2 Å². The highest BCUT2D eigenvalue weighted by atomic mass is 16.2. The molecule has 3 heterocycles. The van der Waals surface area contributed by atoms with Gasteiger partial charge in [0.05, 0.1) is 5.69 Å². The van der Waals surface area contributed by atoms with E-state index in [2.05, 4.69) is 57.7 Å². The van der Waals surface area contributed by atoms with E-state index in [1.807, 2.05) is 17.2 Å². The van der Waals surface area contributed by atoms with Crippen LogP contribution in [0.1, 0.15) is 32.1 Å². The summed E-state index contributed by atoms with van der Waals surface area (Å²) in [7, 11) is 0. The van der Waals surface area contributed by atoms with Gasteiger partial charge in [0, 0.05) is 44.5 Å². The van der Waals surface area contributed by atoms with Crippen LogP contribution in [-0.2, 0) is 0 Å². The van der Waals surface area contributed by atoms with Gasteiger partial charge in [-0.15, -0.1) is 0 Å². The van der Waals surface area contributed by atoms with Gasteiger partial charge in [0.15, 0.2) is 0 Å². The molecule has 0 unspecified atom stereocenters. The lowest BCUT2D eigenvalue weighted by molar-refractivity contribution is 0.207. The minimum Gasteiger partial charge on any atom is -0.341 e. The third kappa shape index (κ3) is 4.69. The molecule has 0 aliphatic carbocycles. The first-order valence-electron chi connectivity index (χ1n) is 11.9. The molecule has 0 spiro atoms. The summed E-state index contributed by atoms with van der Waals surface area (Å²) in [6.45, 7) is 4.51. The largest absolute Gasteiger partial charge is 0.341 e. The van der Waals surface area contributed by atoms with Crippen LogP contribution in [0.4, 0.5) is 10.7 Å². The van der Waals surface area contributed by atoms with Crippen molar-refractivity contribution >= 4 is 22.8 Å². The van der Waals surface area contributed by atoms with Gasteiger partial charge in [-0.3, -0.25) is 0 Å². The summed E-state index contributed by atoms with van der Waals surface area (Å²) in [4.78, 5) is 25.8. The molecule has 32 heavy (non-hydrogen) atoms. The fourth-order valence-corrected chi connectivity index (χ4v) is 4.85. The second-order valence-corrected chi connectivity index (χ2v) is 8.95. The highest BCUT2D eigenvalue weighted by Crippen LogP contribution is 2.26. The third-order valence-corrected chi connectivity index (χ3v) is 6.81. The molecule has 2 aromatic carbocycles. The number of anilines is 1. The molecule has 3 aromatic rings. The van der Waals surface area contributed by atoms with Crippen molar-refractivity contribution in [1.29, 1.82) is 0 Å². The third-order valence-electron chi connectivity index (χ3n) is 6.81. The number of rotatable bonds is 5. The number of fused-ring (bicyclic) bond motifs is 1. The van der Waals surface area contributed by atoms with E-state index in [0.717, 1.165) is 82.0 Å². The molecule has 2 aliphatic rings. The Balaban J connectivity index is 1.15. The molecule has 6 heteroatoms. The lowest BCUT2D eigenvalue weighted by Crippen LogP contribution is -2.40. The molecule has 2 aliphatic heterocycles. The predicted octanol–water partition coefficient (Wildman–Crippen LogP) is 4.71. The molecule has 0 atom stereocenters. The van der Waals surface area contributed by atoms with Crippen LogP contribution in [0.3, 0.4) is 0 Å². The minimum absolute atomic E-state index is 0.110. The maximum Gasteiger partial charge on any atom is 0.317 e. The van der Waals surface area contributed by atoms with Crippen molar-refractivity contribution < 1.29 is 4.79 Å². The van der Waals surface area contributed by atoms with Crippen molar-refractivity contribution in [2.45, 2.75) is 32.1 Å². The zero-order chi connectivity index (χ0) is 21.8. The summed E-state index contributed by atoms with van der Waals surface area (Å²) >= 11 is 0. The lowest BCUT2D eigenvalue weighted by atomic mass is 9.94. The van der Waals surface area contributed by atoms with E-state index in [0.29, 0.717) is 5.92 Å². The van der Waals surface area contributed by atoms with Gasteiger partial charge in [-0.1, -0.05) is 36.4 Å². The monoisotopic (exact) mass is 429 g/mol. The van der Waals surface area contributed by atoms with Crippen molar-refractivity contribution in [2.75, 3.05) is 37.6 Å². The average Bonchev–Trinajstić information content (AvgIpc) is 3.39. The van der Waals surface area contributed by atoms with E-state index in [9.17, 15) is 4.79 Å². The Morgan fingerprint density at radius 1 is 0.969 bits per heavy atom. The molecule has 166 valence electrons. The molecule has 0 saturated carbocycles. The second-order valence-electron chi connectivity index (χ2n) is 8.95. The number of nitrogens with one attached hydrogen (secondary N) is 1. The molecule has 1 aromatic heterocycles. The molecule has 2 amide bonds. The number of likely N-dealkylation sites (tertiary alicyclic amines) is 1. The first-order chi connectivity index (χ1) is 15.8. The summed E-state index contributed by atoms with van der Waals surface area (Å²) < 4.78 is 0. The number of aromatic nitrogens is 2. The van der Waals surface area contributed by atoms with Gasteiger partial charge in [-0.2, -0.15) is 0 Å². The zero-order valence-electron chi connectivity index (χ0n) is 18.5. The van der Waals surface area contributed by atoms with Gasteiger partial charge in [0.1, 0.15) is 0 Å². The number of hydrogen-bond acceptors (Lipinski definition) is 4. The summed E-state index contributed by atoms with van der Waals surface area (Å²) in [6, 6.07) is 17.0. The van der Waals surface area contributed by atoms with E-state index >= 15 is 0 Å². The first kappa shape index (κ1) is 20.7. The van der Waals surface area contributed by atoms with Gasteiger partial charge in [0.2, 0.25) is 5.95 Å². The van der Waals surface area contributed by atoms with Gasteiger partial charge in [-0.25, -0.2) is 14.8 Å². The fourth-order valence-electron chi connectivity index (χ4n) is 4.85. The van der Waals surface area contributed by atoms with Gasteiger partial charge in [-0.05, 0) is 60.9 Å². The zero-order valence-corrected chi connectivity index (χ0v) is 18.5. The number of benzene rings is 2. The summed E-state index contributed by atoms with van der Waals surface area (Å²) in [5.41, 5.74) is 2.09. The number of carbonyl (C=O) groups excluding carboxylic acids is 1. The van der Waals surface area contributed by atoms with Crippen LogP contribution in [-0.4, -0.2) is 53.6 Å². The van der Waals surface area contributed by atoms with Crippen molar-refractivity contribution in [3.63, 3.8) is 0 Å². The topological polar surface area (TPSA) is 61.4 Å². The molecule has 1 N–H and O–H groups in total. The van der Waals surface area contributed by atoms with Crippen molar-refractivity contribution in [3.8, 4) is 11.3 Å². The van der Waals surface area contributed by atoms with Crippen LogP contribution >= 0.6 is 0 Å². The number of urea groups is 1. The van der Waals surface area contributed by atoms with Crippen LogP contribution in [0, 0.1) is 5.92 Å². The Labute approximate surface area is 189 Å². The van der Waals surface area contributed by atoms with E-state index in [1.165, 1.54) is 10.8 Å². The Kier molecular flexibility index (Phi) is 6.19. The van der Waals surface area contributed by atoms with Crippen LogP contribution in [0.2, 0.25) is 0 Å². The average molecular weight is 430 g/mol. The summed E-state index contributed by atoms with van der Waals surface area (Å²) in [5.74, 6) is 1.46. The van der Waals surface area contributed by atoms with Crippen molar-refractivity contribution in [1.82, 2.24) is 20.2 Å². The van der Waals surface area contributed by atoms with Gasteiger partial charge >= 0.3 is 6.03 Å². The van der Waals surface area contributed by atoms with Crippen LogP contribution in [0.5, 0.6) is 0 Å². The van der Waals surface area contributed by atoms with Crippen LogP contribution in [0.25, 0.3) is 22.0 Å². The SMILES string of the molecule is O=C(NCCC1CCN(c2nccc(-c3ccc4ccccc4c3)n2)CC1)N1CCCC1. The van der Waals surface area contributed by atoms with Crippen molar-refractivity contribution in [2.24, 2.45) is 5.92 Å². The van der Waals surface area contributed by atoms with Gasteiger partial charge in [0.25, 0.3) is 0 Å². The Hall–Kier alpha value is -3.15. The Morgan fingerprint density at radius 2 is 1.75 bits per heavy atom. The van der Waals surface area contributed by atoms with E-state index in [1.54, 1.807) is 0 Å². The van der Waals surface area contributed by atoms with Crippen molar-refractivity contribution in [3.05, 3.63) is 54.7 Å². The normalized spacial score (nSPS) is 17.1. The van der Waals surface area contributed by atoms with E-state index in [4.69, 9.17) is 4.98 Å². The minimum atomic E-state index is 0.110. The number of piperidine rings is 1. The first-order valence-corrected chi connectivity index (χ1v) is 11.9. The maximum atomic E-state index is 12.1. The molecular weight excluding hydrogens is 398 g/mol. The lowest BCUT2D eigenvalue weighted by Gasteiger charge is -2.32. The standard InChI is InChI=1S/C26H31N5O/c32-26(31-15-3-4-16-31)28-13-9-20-11-17-30(18-12-20)25-27-14-10-24(29-25)23-8-7-21-5-1-2-6-22(21)19-23/h1-2,5-8,10,14,19-20H,3-4,9,11-13,15-18H2,(H,28,32). The van der Waals surface area contributed by atoms with E-state index in [-0.39, 0.29) is 6.03 Å². The Bertz CT molecular complexity index is 1070. The molecule has 2 saturated heterocycles. The highest BCUT2D eigenvalue weighted by molar-refractivity contribution is 5.86. The molecule has 5 rings (SSSR count). The molecule has 6 nitrogen and oxygen atoms in total. The highest BCUT2D eigenvalue weighted by Gasteiger charge is 2.22. The summed E-state index contributed by atoms with van der Waals surface area (Å²) in [6.07, 6.45) is 7.41. The summed E-state index contributed by atoms with van der Waals surface area (Å²) in [5, 5.41) is 5.57. The number of amides is 2. The maximum absolute atomic E-state index is 12.1. The molecular formula is C26H31N5O. The smallest absolute Gasteiger partial charge is 0.317 e. The molecule has 0 radical (unpaired) electrons. The van der Waals surface area contributed by atoms with Crippen LogP contribution in [0.15, 0.2) is 54.7 Å². The molecule has 0 bridgehead atoms. The van der Waals surface area contributed by atoms with Gasteiger partial charge < -0.3 is 15.1 Å². The number of hydrogen-bond donors (Lipinski definition) is 1. The van der Waals surface area contributed by atoms with E-state index < -0.39 is 0 Å². The Morgan fingerprint density at radius 3 is 2.56 bits per heavy atom. The number of carbonyl (C=O) groups is 1. The molecule has 2 fully saturated rings.